The molecule has 0 atom stereocenters. The van der Waals surface area contributed by atoms with Gasteiger partial charge in [-0.2, -0.15) is 18.3 Å². The molecule has 2 aromatic rings. The Morgan fingerprint density at radius 3 is 2.79 bits per heavy atom. The first-order valence-corrected chi connectivity index (χ1v) is 5.46. The minimum atomic E-state index is -4.39. The molecule has 0 spiro atoms. The third-order valence-corrected chi connectivity index (χ3v) is 2.36. The fourth-order valence-corrected chi connectivity index (χ4v) is 1.51. The predicted octanol–water partition coefficient (Wildman–Crippen LogP) is 2.26. The van der Waals surface area contributed by atoms with Gasteiger partial charge in [-0.15, -0.1) is 0 Å². The Morgan fingerprint density at radius 1 is 1.32 bits per heavy atom. The molecular weight excluding hydrogens is 261 g/mol. The van der Waals surface area contributed by atoms with Crippen LogP contribution in [0.15, 0.2) is 36.7 Å². The highest BCUT2D eigenvalue weighted by molar-refractivity contribution is 5.37. The zero-order chi connectivity index (χ0) is 13.9. The number of rotatable bonds is 4. The molecule has 4 nitrogen and oxygen atoms in total. The van der Waals surface area contributed by atoms with Gasteiger partial charge in [0.15, 0.2) is 5.75 Å². The van der Waals surface area contributed by atoms with Crippen LogP contribution < -0.4 is 4.74 Å². The van der Waals surface area contributed by atoms with Crippen molar-refractivity contribution in [2.75, 3.05) is 13.2 Å². The Morgan fingerprint density at radius 2 is 2.11 bits per heavy atom. The molecule has 1 N–H and O–H groups in total. The van der Waals surface area contributed by atoms with Crippen molar-refractivity contribution in [2.24, 2.45) is 0 Å². The molecule has 19 heavy (non-hydrogen) atoms. The number of ether oxygens (including phenoxy) is 1. The van der Waals surface area contributed by atoms with E-state index in [9.17, 15) is 13.2 Å². The molecule has 0 fully saturated rings. The van der Waals surface area contributed by atoms with Gasteiger partial charge in [0.25, 0.3) is 0 Å². The van der Waals surface area contributed by atoms with E-state index in [4.69, 9.17) is 9.84 Å². The molecule has 7 heteroatoms. The summed E-state index contributed by atoms with van der Waals surface area (Å²) in [6.07, 6.45) is -1.57. The van der Waals surface area contributed by atoms with Crippen molar-refractivity contribution in [1.29, 1.82) is 0 Å². The van der Waals surface area contributed by atoms with Crippen molar-refractivity contribution in [3.63, 3.8) is 0 Å². The fraction of sp³-hybridized carbons (Fsp3) is 0.250. The molecule has 0 saturated carbocycles. The second kappa shape index (κ2) is 5.31. The number of hydrogen-bond donors (Lipinski definition) is 1. The Balaban J connectivity index is 2.24. The third-order valence-electron chi connectivity index (χ3n) is 2.36. The first-order valence-electron chi connectivity index (χ1n) is 5.46. The van der Waals surface area contributed by atoms with Gasteiger partial charge in [-0.1, -0.05) is 6.07 Å². The van der Waals surface area contributed by atoms with E-state index < -0.39 is 11.7 Å². The lowest BCUT2D eigenvalue weighted by atomic mass is 10.2. The lowest BCUT2D eigenvalue weighted by Gasteiger charge is -2.08. The topological polar surface area (TPSA) is 47.3 Å². The minimum Gasteiger partial charge on any atom is -0.488 e. The molecule has 0 saturated heterocycles. The normalized spacial score (nSPS) is 11.6. The molecule has 0 unspecified atom stereocenters. The standard InChI is InChI=1S/C12H11F3N2O2/c13-12(14,15)9-2-1-3-10(6-9)17-8-11(7-16-17)19-5-4-18/h1-3,6-8,18H,4-5H2. The number of alkyl halides is 3. The fourth-order valence-electron chi connectivity index (χ4n) is 1.51. The number of hydrogen-bond acceptors (Lipinski definition) is 3. The highest BCUT2D eigenvalue weighted by Gasteiger charge is 2.30. The SMILES string of the molecule is OCCOc1cnn(-c2cccc(C(F)(F)F)c2)c1. The zero-order valence-electron chi connectivity index (χ0n) is 9.76. The lowest BCUT2D eigenvalue weighted by molar-refractivity contribution is -0.137. The summed E-state index contributed by atoms with van der Waals surface area (Å²) in [6.45, 7) is -0.0387. The summed E-state index contributed by atoms with van der Waals surface area (Å²) in [5.74, 6) is 0.381. The summed E-state index contributed by atoms with van der Waals surface area (Å²) in [5.41, 5.74) is -0.452. The summed E-state index contributed by atoms with van der Waals surface area (Å²) in [7, 11) is 0. The first-order chi connectivity index (χ1) is 9.00. The van der Waals surface area contributed by atoms with Crippen LogP contribution >= 0.6 is 0 Å². The summed E-state index contributed by atoms with van der Waals surface area (Å²) in [6, 6.07) is 4.82. The van der Waals surface area contributed by atoms with Gasteiger partial charge in [0.05, 0.1) is 30.3 Å². The number of benzene rings is 1. The third kappa shape index (κ3) is 3.25. The van der Waals surface area contributed by atoms with E-state index in [0.29, 0.717) is 5.75 Å². The molecule has 0 amide bonds. The van der Waals surface area contributed by atoms with Crippen LogP contribution in [0.4, 0.5) is 13.2 Å². The van der Waals surface area contributed by atoms with Crippen LogP contribution in [0.25, 0.3) is 5.69 Å². The van der Waals surface area contributed by atoms with E-state index in [1.165, 1.54) is 29.2 Å². The molecule has 1 aromatic heterocycles. The van der Waals surface area contributed by atoms with Gasteiger partial charge in [-0.05, 0) is 18.2 Å². The van der Waals surface area contributed by atoms with E-state index in [0.717, 1.165) is 12.1 Å². The molecule has 0 radical (unpaired) electrons. The predicted molar refractivity (Wildman–Crippen MR) is 61.1 cm³/mol. The summed E-state index contributed by atoms with van der Waals surface area (Å²) in [5, 5.41) is 12.5. The van der Waals surface area contributed by atoms with Crippen molar-refractivity contribution in [2.45, 2.75) is 6.18 Å². The quantitative estimate of drug-likeness (QED) is 0.928. The molecular formula is C12H11F3N2O2. The Kier molecular flexibility index (Phi) is 3.75. The van der Waals surface area contributed by atoms with Gasteiger partial charge in [0.2, 0.25) is 0 Å². The van der Waals surface area contributed by atoms with Crippen molar-refractivity contribution >= 4 is 0 Å². The molecule has 0 aliphatic rings. The molecule has 102 valence electrons. The monoisotopic (exact) mass is 272 g/mol. The Hall–Kier alpha value is -2.02. The second-order valence-corrected chi connectivity index (χ2v) is 3.74. The Bertz CT molecular complexity index is 552. The van der Waals surface area contributed by atoms with Gasteiger partial charge in [-0.25, -0.2) is 4.68 Å². The van der Waals surface area contributed by atoms with E-state index in [1.54, 1.807) is 0 Å². The van der Waals surface area contributed by atoms with Crippen LogP contribution in [0.5, 0.6) is 5.75 Å². The van der Waals surface area contributed by atoms with Crippen LogP contribution in [0.3, 0.4) is 0 Å². The highest BCUT2D eigenvalue weighted by atomic mass is 19.4. The van der Waals surface area contributed by atoms with Crippen molar-refractivity contribution in [1.82, 2.24) is 9.78 Å². The van der Waals surface area contributed by atoms with Gasteiger partial charge in [-0.3, -0.25) is 0 Å². The van der Waals surface area contributed by atoms with Gasteiger partial charge in [0.1, 0.15) is 6.61 Å². The number of halogens is 3. The van der Waals surface area contributed by atoms with Crippen molar-refractivity contribution in [3.05, 3.63) is 42.2 Å². The molecule has 0 aliphatic carbocycles. The van der Waals surface area contributed by atoms with Crippen LogP contribution in [-0.4, -0.2) is 28.1 Å². The molecule has 2 rings (SSSR count). The van der Waals surface area contributed by atoms with E-state index in [1.807, 2.05) is 0 Å². The number of aromatic nitrogens is 2. The van der Waals surface area contributed by atoms with E-state index >= 15 is 0 Å². The summed E-state index contributed by atoms with van der Waals surface area (Å²) < 4.78 is 44.1. The maximum atomic E-state index is 12.6. The average molecular weight is 272 g/mol. The summed E-state index contributed by atoms with van der Waals surface area (Å²) >= 11 is 0. The average Bonchev–Trinajstić information content (AvgIpc) is 2.84. The summed E-state index contributed by atoms with van der Waals surface area (Å²) in [4.78, 5) is 0. The molecule has 1 heterocycles. The van der Waals surface area contributed by atoms with Crippen molar-refractivity contribution < 1.29 is 23.0 Å². The van der Waals surface area contributed by atoms with Crippen LogP contribution in [0, 0.1) is 0 Å². The molecule has 0 bridgehead atoms. The smallest absolute Gasteiger partial charge is 0.416 e. The minimum absolute atomic E-state index is 0.105. The number of aliphatic hydroxyl groups excluding tert-OH is 1. The molecule has 1 aromatic carbocycles. The van der Waals surface area contributed by atoms with E-state index in [2.05, 4.69) is 5.10 Å². The van der Waals surface area contributed by atoms with Crippen LogP contribution in [-0.2, 0) is 6.18 Å². The maximum Gasteiger partial charge on any atom is 0.416 e. The van der Waals surface area contributed by atoms with Gasteiger partial charge in [0, 0.05) is 0 Å². The lowest BCUT2D eigenvalue weighted by Crippen LogP contribution is -2.06. The highest BCUT2D eigenvalue weighted by Crippen LogP contribution is 2.30. The first kappa shape index (κ1) is 13.4. The van der Waals surface area contributed by atoms with Crippen molar-refractivity contribution in [3.8, 4) is 11.4 Å². The maximum absolute atomic E-state index is 12.6. The van der Waals surface area contributed by atoms with Crippen LogP contribution in [0.2, 0.25) is 0 Å². The molecule has 0 aliphatic heterocycles. The van der Waals surface area contributed by atoms with Gasteiger partial charge < -0.3 is 9.84 Å². The van der Waals surface area contributed by atoms with Gasteiger partial charge >= 0.3 is 6.18 Å². The Labute approximate surface area is 107 Å². The number of aliphatic hydroxyl groups is 1. The largest absolute Gasteiger partial charge is 0.488 e. The number of nitrogens with zero attached hydrogens (tertiary/aromatic N) is 2. The zero-order valence-corrected chi connectivity index (χ0v) is 9.76. The van der Waals surface area contributed by atoms with Crippen LogP contribution in [0.1, 0.15) is 5.56 Å². The van der Waals surface area contributed by atoms with E-state index in [-0.39, 0.29) is 18.9 Å². The second-order valence-electron chi connectivity index (χ2n) is 3.74.